The van der Waals surface area contributed by atoms with Crippen LogP contribution >= 0.6 is 0 Å². The number of hydrogen-bond acceptors (Lipinski definition) is 3. The maximum absolute atomic E-state index is 12.9. The summed E-state index contributed by atoms with van der Waals surface area (Å²) in [6.07, 6.45) is -0.711. The van der Waals surface area contributed by atoms with Crippen LogP contribution in [0.1, 0.15) is 43.0 Å². The molecule has 0 amide bonds. The first-order valence-electron chi connectivity index (χ1n) is 6.87. The first-order valence-corrected chi connectivity index (χ1v) is 6.87. The first-order chi connectivity index (χ1) is 9.41. The molecule has 0 bridgehead atoms. The lowest BCUT2D eigenvalue weighted by molar-refractivity contribution is -0.186. The van der Waals surface area contributed by atoms with E-state index in [2.05, 4.69) is 10.4 Å². The Bertz CT molecular complexity index is 430. The van der Waals surface area contributed by atoms with Gasteiger partial charge in [-0.15, -0.1) is 0 Å². The Kier molecular flexibility index (Phi) is 4.65. The van der Waals surface area contributed by atoms with E-state index in [0.717, 1.165) is 17.7 Å². The summed E-state index contributed by atoms with van der Waals surface area (Å²) in [5, 5.41) is 0. The Morgan fingerprint density at radius 2 is 2.10 bits per heavy atom. The minimum absolute atomic E-state index is 0.107. The van der Waals surface area contributed by atoms with Gasteiger partial charge in [-0.1, -0.05) is 12.5 Å². The van der Waals surface area contributed by atoms with Gasteiger partial charge in [-0.05, 0) is 43.7 Å². The third-order valence-electron chi connectivity index (χ3n) is 4.12. The average Bonchev–Trinajstić information content (AvgIpc) is 2.41. The van der Waals surface area contributed by atoms with Crippen molar-refractivity contribution in [3.8, 4) is 0 Å². The van der Waals surface area contributed by atoms with Crippen molar-refractivity contribution < 1.29 is 13.2 Å². The minimum atomic E-state index is -4.11. The zero-order valence-corrected chi connectivity index (χ0v) is 11.5. The topological polar surface area (TPSA) is 50.9 Å². The third kappa shape index (κ3) is 3.49. The molecule has 3 atom stereocenters. The van der Waals surface area contributed by atoms with Crippen LogP contribution in [0.2, 0.25) is 0 Å². The molecule has 0 radical (unpaired) electrons. The molecular weight excluding hydrogens is 267 g/mol. The second-order valence-electron chi connectivity index (χ2n) is 5.54. The van der Waals surface area contributed by atoms with Crippen LogP contribution in [-0.2, 0) is 0 Å². The molecule has 112 valence electrons. The number of aromatic nitrogens is 1. The molecule has 1 fully saturated rings. The van der Waals surface area contributed by atoms with Gasteiger partial charge in [0.2, 0.25) is 0 Å². The van der Waals surface area contributed by atoms with E-state index >= 15 is 0 Å². The van der Waals surface area contributed by atoms with Crippen molar-refractivity contribution >= 4 is 0 Å². The highest BCUT2D eigenvalue weighted by Gasteiger charge is 2.43. The van der Waals surface area contributed by atoms with Crippen LogP contribution in [0.25, 0.3) is 0 Å². The molecular formula is C14H20F3N3. The molecule has 1 saturated carbocycles. The zero-order valence-electron chi connectivity index (χ0n) is 11.5. The largest absolute Gasteiger partial charge is 0.391 e. The number of nitrogens with two attached hydrogens (primary N) is 1. The fraction of sp³-hybridized carbons (Fsp3) is 0.643. The molecule has 3 N–H and O–H groups in total. The van der Waals surface area contributed by atoms with Crippen LogP contribution < -0.4 is 11.3 Å². The molecule has 1 aromatic heterocycles. The van der Waals surface area contributed by atoms with E-state index in [1.807, 2.05) is 19.1 Å². The molecule has 3 unspecified atom stereocenters. The summed E-state index contributed by atoms with van der Waals surface area (Å²) in [5.74, 6) is 4.25. The Morgan fingerprint density at radius 3 is 2.65 bits per heavy atom. The second-order valence-corrected chi connectivity index (χ2v) is 5.54. The predicted octanol–water partition coefficient (Wildman–Crippen LogP) is 3.26. The van der Waals surface area contributed by atoms with Crippen molar-refractivity contribution in [2.45, 2.75) is 44.8 Å². The van der Waals surface area contributed by atoms with E-state index in [9.17, 15) is 13.2 Å². The normalized spacial score (nSPS) is 25.4. The van der Waals surface area contributed by atoms with E-state index < -0.39 is 12.1 Å². The smallest absolute Gasteiger partial charge is 0.271 e. The number of aryl methyl sites for hydroxylation is 1. The highest BCUT2D eigenvalue weighted by molar-refractivity contribution is 5.18. The van der Waals surface area contributed by atoms with E-state index in [-0.39, 0.29) is 24.8 Å². The van der Waals surface area contributed by atoms with Crippen LogP contribution in [0.15, 0.2) is 18.3 Å². The predicted molar refractivity (Wildman–Crippen MR) is 70.5 cm³/mol. The quantitative estimate of drug-likeness (QED) is 0.662. The summed E-state index contributed by atoms with van der Waals surface area (Å²) >= 11 is 0. The van der Waals surface area contributed by atoms with E-state index in [1.54, 1.807) is 6.20 Å². The van der Waals surface area contributed by atoms with Crippen molar-refractivity contribution in [3.63, 3.8) is 0 Å². The number of rotatable bonds is 3. The molecule has 6 heteroatoms. The van der Waals surface area contributed by atoms with Gasteiger partial charge in [0.1, 0.15) is 0 Å². The number of halogens is 3. The van der Waals surface area contributed by atoms with Crippen LogP contribution in [0.5, 0.6) is 0 Å². The number of pyridine rings is 1. The van der Waals surface area contributed by atoms with Gasteiger partial charge in [0.25, 0.3) is 0 Å². The Hall–Kier alpha value is -1.14. The van der Waals surface area contributed by atoms with Crippen LogP contribution in [-0.4, -0.2) is 11.2 Å². The summed E-state index contributed by atoms with van der Waals surface area (Å²) in [6, 6.07) is 3.46. The molecule has 0 aliphatic heterocycles. The molecule has 3 nitrogen and oxygen atoms in total. The van der Waals surface area contributed by atoms with Gasteiger partial charge in [-0.3, -0.25) is 16.3 Å². The summed E-state index contributed by atoms with van der Waals surface area (Å²) in [4.78, 5) is 4.19. The highest BCUT2D eigenvalue weighted by atomic mass is 19.4. The van der Waals surface area contributed by atoms with E-state index in [1.165, 1.54) is 0 Å². The Balaban J connectivity index is 2.13. The van der Waals surface area contributed by atoms with Crippen molar-refractivity contribution in [2.75, 3.05) is 0 Å². The van der Waals surface area contributed by atoms with Crippen molar-refractivity contribution in [1.82, 2.24) is 10.4 Å². The molecule has 0 aromatic carbocycles. The van der Waals surface area contributed by atoms with Gasteiger partial charge >= 0.3 is 6.18 Å². The average molecular weight is 287 g/mol. The zero-order chi connectivity index (χ0) is 14.8. The SMILES string of the molecule is Cc1ccc(C(NN)C2CCCC(C(F)(F)F)C2)cn1. The van der Waals surface area contributed by atoms with Crippen LogP contribution in [0, 0.1) is 18.8 Å². The van der Waals surface area contributed by atoms with Crippen molar-refractivity contribution in [3.05, 3.63) is 29.6 Å². The summed E-state index contributed by atoms with van der Waals surface area (Å²) < 4.78 is 38.6. The first kappa shape index (κ1) is 15.3. The van der Waals surface area contributed by atoms with Gasteiger partial charge in [0.05, 0.1) is 12.0 Å². The van der Waals surface area contributed by atoms with Gasteiger partial charge < -0.3 is 0 Å². The summed E-state index contributed by atoms with van der Waals surface area (Å²) in [6.45, 7) is 1.87. The molecule has 1 aliphatic rings. The molecule has 1 aliphatic carbocycles. The van der Waals surface area contributed by atoms with Gasteiger partial charge in [0.15, 0.2) is 0 Å². The molecule has 0 saturated heterocycles. The minimum Gasteiger partial charge on any atom is -0.271 e. The Labute approximate surface area is 116 Å². The van der Waals surface area contributed by atoms with Gasteiger partial charge in [0, 0.05) is 11.9 Å². The third-order valence-corrected chi connectivity index (χ3v) is 4.12. The number of hydrazine groups is 1. The lowest BCUT2D eigenvalue weighted by atomic mass is 9.76. The van der Waals surface area contributed by atoms with Crippen LogP contribution in [0.4, 0.5) is 13.2 Å². The lowest BCUT2D eigenvalue weighted by Crippen LogP contribution is -2.38. The number of nitrogens with one attached hydrogen (secondary N) is 1. The molecule has 1 heterocycles. The maximum Gasteiger partial charge on any atom is 0.391 e. The fourth-order valence-corrected chi connectivity index (χ4v) is 3.00. The fourth-order valence-electron chi connectivity index (χ4n) is 3.00. The second kappa shape index (κ2) is 6.10. The van der Waals surface area contributed by atoms with Gasteiger partial charge in [-0.25, -0.2) is 0 Å². The van der Waals surface area contributed by atoms with E-state index in [4.69, 9.17) is 5.84 Å². The molecule has 0 spiro atoms. The highest BCUT2D eigenvalue weighted by Crippen LogP contribution is 2.43. The van der Waals surface area contributed by atoms with Crippen LogP contribution in [0.3, 0.4) is 0 Å². The maximum atomic E-state index is 12.9. The van der Waals surface area contributed by atoms with Crippen molar-refractivity contribution in [2.24, 2.45) is 17.7 Å². The Morgan fingerprint density at radius 1 is 1.35 bits per heavy atom. The van der Waals surface area contributed by atoms with Crippen molar-refractivity contribution in [1.29, 1.82) is 0 Å². The number of hydrogen-bond donors (Lipinski definition) is 2. The number of alkyl halides is 3. The standard InChI is InChI=1S/C14H20F3N3/c1-9-5-6-11(8-19-9)13(20-18)10-3-2-4-12(7-10)14(15,16)17/h5-6,8,10,12-13,20H,2-4,7,18H2,1H3. The summed E-state index contributed by atoms with van der Waals surface area (Å²) in [7, 11) is 0. The summed E-state index contributed by atoms with van der Waals surface area (Å²) in [5.41, 5.74) is 4.40. The number of nitrogens with zero attached hydrogens (tertiary/aromatic N) is 1. The lowest BCUT2D eigenvalue weighted by Gasteiger charge is -2.35. The molecule has 2 rings (SSSR count). The van der Waals surface area contributed by atoms with Gasteiger partial charge in [-0.2, -0.15) is 13.2 Å². The molecule has 1 aromatic rings. The van der Waals surface area contributed by atoms with E-state index in [0.29, 0.717) is 6.42 Å². The monoisotopic (exact) mass is 287 g/mol. The molecule has 20 heavy (non-hydrogen) atoms.